The Hall–Kier alpha value is -1.75. The fourth-order valence-corrected chi connectivity index (χ4v) is 1.42. The highest BCUT2D eigenvalue weighted by molar-refractivity contribution is 5.94. The van der Waals surface area contributed by atoms with Crippen molar-refractivity contribution in [1.29, 1.82) is 0 Å². The van der Waals surface area contributed by atoms with Gasteiger partial charge in [0, 0.05) is 25.7 Å². The van der Waals surface area contributed by atoms with Crippen molar-refractivity contribution in [2.75, 3.05) is 34.3 Å². The van der Waals surface area contributed by atoms with Gasteiger partial charge in [0.1, 0.15) is 0 Å². The predicted molar refractivity (Wildman–Crippen MR) is 65.5 cm³/mol. The molecule has 0 atom stereocenters. The van der Waals surface area contributed by atoms with Crippen LogP contribution in [0.4, 0.5) is 0 Å². The fourth-order valence-electron chi connectivity index (χ4n) is 1.42. The van der Waals surface area contributed by atoms with E-state index in [-0.39, 0.29) is 11.7 Å². The number of ether oxygens (including phenoxy) is 1. The van der Waals surface area contributed by atoms with Gasteiger partial charge in [-0.2, -0.15) is 0 Å². The summed E-state index contributed by atoms with van der Waals surface area (Å²) >= 11 is 0. The number of hydrogen-bond donors (Lipinski definition) is 2. The van der Waals surface area contributed by atoms with E-state index in [2.05, 4.69) is 5.32 Å². The highest BCUT2D eigenvalue weighted by atomic mass is 16.5. The van der Waals surface area contributed by atoms with Gasteiger partial charge in [-0.25, -0.2) is 0 Å². The lowest BCUT2D eigenvalue weighted by Gasteiger charge is -2.17. The molecule has 0 bridgehead atoms. The standard InChI is InChI=1S/C12H18N2O3/c1-13-6-7-14(2)12(16)9-4-5-11(17-3)10(15)8-9/h4-5,8,13,15H,6-7H2,1-3H3. The van der Waals surface area contributed by atoms with Gasteiger partial charge < -0.3 is 20.1 Å². The Balaban J connectivity index is 2.78. The van der Waals surface area contributed by atoms with Crippen molar-refractivity contribution < 1.29 is 14.6 Å². The molecule has 5 nitrogen and oxygen atoms in total. The third kappa shape index (κ3) is 3.35. The van der Waals surface area contributed by atoms with Gasteiger partial charge in [-0.15, -0.1) is 0 Å². The van der Waals surface area contributed by atoms with E-state index in [9.17, 15) is 9.90 Å². The van der Waals surface area contributed by atoms with Crippen molar-refractivity contribution in [3.8, 4) is 11.5 Å². The molecule has 0 aromatic heterocycles. The molecule has 0 aliphatic carbocycles. The van der Waals surface area contributed by atoms with Crippen LogP contribution < -0.4 is 10.1 Å². The van der Waals surface area contributed by atoms with E-state index in [0.717, 1.165) is 6.54 Å². The van der Waals surface area contributed by atoms with E-state index in [1.165, 1.54) is 13.2 Å². The molecule has 1 aromatic carbocycles. The molecule has 0 unspecified atom stereocenters. The molecule has 0 saturated carbocycles. The zero-order valence-electron chi connectivity index (χ0n) is 10.4. The Morgan fingerprint density at radius 1 is 1.53 bits per heavy atom. The first-order valence-corrected chi connectivity index (χ1v) is 5.37. The lowest BCUT2D eigenvalue weighted by Crippen LogP contribution is -2.32. The topological polar surface area (TPSA) is 61.8 Å². The second kappa shape index (κ2) is 6.10. The molecule has 94 valence electrons. The molecule has 1 aromatic rings. The largest absolute Gasteiger partial charge is 0.504 e. The summed E-state index contributed by atoms with van der Waals surface area (Å²) in [5, 5.41) is 12.6. The van der Waals surface area contributed by atoms with Crippen molar-refractivity contribution in [3.63, 3.8) is 0 Å². The van der Waals surface area contributed by atoms with Gasteiger partial charge in [0.2, 0.25) is 0 Å². The minimum atomic E-state index is -0.127. The molecule has 5 heteroatoms. The molecule has 0 aliphatic rings. The second-order valence-corrected chi connectivity index (χ2v) is 3.72. The van der Waals surface area contributed by atoms with E-state index >= 15 is 0 Å². The summed E-state index contributed by atoms with van der Waals surface area (Å²) in [5.41, 5.74) is 0.446. The maximum absolute atomic E-state index is 11.9. The number of phenols is 1. The van der Waals surface area contributed by atoms with E-state index in [1.807, 2.05) is 7.05 Å². The van der Waals surface area contributed by atoms with Crippen LogP contribution in [-0.2, 0) is 0 Å². The molecule has 0 spiro atoms. The monoisotopic (exact) mass is 238 g/mol. The molecular weight excluding hydrogens is 220 g/mol. The third-order valence-corrected chi connectivity index (χ3v) is 2.47. The summed E-state index contributed by atoms with van der Waals surface area (Å²) in [6, 6.07) is 4.63. The molecule has 1 rings (SSSR count). The minimum absolute atomic E-state index is 0.0274. The molecule has 0 heterocycles. The number of hydrogen-bond acceptors (Lipinski definition) is 4. The van der Waals surface area contributed by atoms with Crippen molar-refractivity contribution in [2.45, 2.75) is 0 Å². The molecular formula is C12H18N2O3. The molecule has 0 saturated heterocycles. The van der Waals surface area contributed by atoms with Gasteiger partial charge >= 0.3 is 0 Å². The van der Waals surface area contributed by atoms with Crippen molar-refractivity contribution in [3.05, 3.63) is 23.8 Å². The first kappa shape index (κ1) is 13.3. The van der Waals surface area contributed by atoms with Crippen LogP contribution in [0.5, 0.6) is 11.5 Å². The zero-order chi connectivity index (χ0) is 12.8. The van der Waals surface area contributed by atoms with Crippen LogP contribution in [0.2, 0.25) is 0 Å². The Bertz CT molecular complexity index is 393. The van der Waals surface area contributed by atoms with Crippen LogP contribution in [0.3, 0.4) is 0 Å². The highest BCUT2D eigenvalue weighted by Crippen LogP contribution is 2.26. The number of amides is 1. The summed E-state index contributed by atoms with van der Waals surface area (Å²) in [7, 11) is 5.02. The maximum atomic E-state index is 11.9. The SMILES string of the molecule is CNCCN(C)C(=O)c1ccc(OC)c(O)c1. The number of likely N-dealkylation sites (N-methyl/N-ethyl adjacent to an activating group) is 2. The summed E-state index contributed by atoms with van der Waals surface area (Å²) < 4.78 is 4.92. The summed E-state index contributed by atoms with van der Waals surface area (Å²) in [5.74, 6) is 0.206. The van der Waals surface area contributed by atoms with E-state index in [0.29, 0.717) is 17.9 Å². The molecule has 0 fully saturated rings. The van der Waals surface area contributed by atoms with Crippen LogP contribution in [0.15, 0.2) is 18.2 Å². The predicted octanol–water partition coefficient (Wildman–Crippen LogP) is 0.692. The smallest absolute Gasteiger partial charge is 0.253 e. The van der Waals surface area contributed by atoms with Gasteiger partial charge in [-0.3, -0.25) is 4.79 Å². The number of carbonyl (C=O) groups excluding carboxylic acids is 1. The van der Waals surface area contributed by atoms with Crippen LogP contribution >= 0.6 is 0 Å². The first-order chi connectivity index (χ1) is 8.10. The number of nitrogens with one attached hydrogen (secondary N) is 1. The lowest BCUT2D eigenvalue weighted by atomic mass is 10.2. The van der Waals surface area contributed by atoms with Gasteiger partial charge in [-0.1, -0.05) is 0 Å². The van der Waals surface area contributed by atoms with Gasteiger partial charge in [0.15, 0.2) is 11.5 Å². The molecule has 17 heavy (non-hydrogen) atoms. The molecule has 0 radical (unpaired) electrons. The normalized spacial score (nSPS) is 10.1. The Morgan fingerprint density at radius 2 is 2.24 bits per heavy atom. The Morgan fingerprint density at radius 3 is 2.76 bits per heavy atom. The molecule has 1 amide bonds. The number of phenolic OH excluding ortho intramolecular Hbond substituents is 1. The number of rotatable bonds is 5. The van der Waals surface area contributed by atoms with Gasteiger partial charge in [0.25, 0.3) is 5.91 Å². The Kier molecular flexibility index (Phi) is 4.78. The Labute approximate surface area is 101 Å². The molecule has 0 aliphatic heterocycles. The highest BCUT2D eigenvalue weighted by Gasteiger charge is 2.13. The number of carbonyl (C=O) groups is 1. The van der Waals surface area contributed by atoms with Crippen molar-refractivity contribution >= 4 is 5.91 Å². The van der Waals surface area contributed by atoms with E-state index in [1.54, 1.807) is 24.1 Å². The van der Waals surface area contributed by atoms with Crippen LogP contribution in [-0.4, -0.2) is 50.2 Å². The number of methoxy groups -OCH3 is 1. The van der Waals surface area contributed by atoms with Crippen LogP contribution in [0, 0.1) is 0 Å². The second-order valence-electron chi connectivity index (χ2n) is 3.72. The van der Waals surface area contributed by atoms with E-state index in [4.69, 9.17) is 4.74 Å². The minimum Gasteiger partial charge on any atom is -0.504 e. The van der Waals surface area contributed by atoms with Gasteiger partial charge in [-0.05, 0) is 25.2 Å². The summed E-state index contributed by atoms with van der Waals surface area (Å²) in [6.45, 7) is 1.34. The number of aromatic hydroxyl groups is 1. The summed E-state index contributed by atoms with van der Waals surface area (Å²) in [4.78, 5) is 13.5. The van der Waals surface area contributed by atoms with Gasteiger partial charge in [0.05, 0.1) is 7.11 Å². The van der Waals surface area contributed by atoms with Crippen LogP contribution in [0.25, 0.3) is 0 Å². The van der Waals surface area contributed by atoms with Crippen LogP contribution in [0.1, 0.15) is 10.4 Å². The maximum Gasteiger partial charge on any atom is 0.253 e. The average Bonchev–Trinajstić information content (AvgIpc) is 2.34. The average molecular weight is 238 g/mol. The fraction of sp³-hybridized carbons (Fsp3) is 0.417. The zero-order valence-corrected chi connectivity index (χ0v) is 10.4. The summed E-state index contributed by atoms with van der Waals surface area (Å²) in [6.07, 6.45) is 0. The lowest BCUT2D eigenvalue weighted by molar-refractivity contribution is 0.0796. The number of benzene rings is 1. The van der Waals surface area contributed by atoms with Crippen molar-refractivity contribution in [1.82, 2.24) is 10.2 Å². The van der Waals surface area contributed by atoms with Crippen molar-refractivity contribution in [2.24, 2.45) is 0 Å². The first-order valence-electron chi connectivity index (χ1n) is 5.37. The molecule has 2 N–H and O–H groups in total. The van der Waals surface area contributed by atoms with E-state index < -0.39 is 0 Å². The number of nitrogens with zero attached hydrogens (tertiary/aromatic N) is 1. The quantitative estimate of drug-likeness (QED) is 0.792. The third-order valence-electron chi connectivity index (χ3n) is 2.47.